The Hall–Kier alpha value is -2.82. The lowest BCUT2D eigenvalue weighted by Gasteiger charge is -2.18. The molecule has 124 valence electrons. The lowest BCUT2D eigenvalue weighted by molar-refractivity contribution is -0.118. The van der Waals surface area contributed by atoms with Crippen LogP contribution in [0.2, 0.25) is 0 Å². The molecule has 5 nitrogen and oxygen atoms in total. The van der Waals surface area contributed by atoms with Crippen molar-refractivity contribution in [3.8, 4) is 11.5 Å². The van der Waals surface area contributed by atoms with Crippen LogP contribution in [-0.4, -0.2) is 23.1 Å². The van der Waals surface area contributed by atoms with Gasteiger partial charge in [0.25, 0.3) is 5.91 Å². The van der Waals surface area contributed by atoms with Crippen molar-refractivity contribution in [2.45, 2.75) is 25.9 Å². The van der Waals surface area contributed by atoms with Crippen LogP contribution in [0.1, 0.15) is 25.0 Å². The summed E-state index contributed by atoms with van der Waals surface area (Å²) in [6.07, 6.45) is 4.16. The van der Waals surface area contributed by atoms with Crippen LogP contribution < -0.4 is 14.8 Å². The lowest BCUT2D eigenvalue weighted by Crippen LogP contribution is -2.25. The number of amides is 1. The molecule has 5 heteroatoms. The van der Waals surface area contributed by atoms with Crippen LogP contribution in [0.15, 0.2) is 43.1 Å². The summed E-state index contributed by atoms with van der Waals surface area (Å²) in [5, 5.41) is 2.70. The number of rotatable bonds is 5. The normalized spacial score (nSPS) is 14.4. The number of anilines is 1. The molecule has 2 aromatic rings. The van der Waals surface area contributed by atoms with Crippen molar-refractivity contribution in [3.05, 3.63) is 54.2 Å². The maximum Gasteiger partial charge on any atom is 0.263 e. The summed E-state index contributed by atoms with van der Waals surface area (Å²) in [5.74, 6) is 1.51. The number of carbonyl (C=O) groups excluding carboxylic acids is 1. The fraction of sp³-hybridized carbons (Fsp3) is 0.263. The third-order valence-corrected chi connectivity index (χ3v) is 3.70. The van der Waals surface area contributed by atoms with Gasteiger partial charge in [0.2, 0.25) is 0 Å². The predicted molar refractivity (Wildman–Crippen MR) is 93.3 cm³/mol. The van der Waals surface area contributed by atoms with Crippen molar-refractivity contribution in [2.75, 3.05) is 11.9 Å². The minimum atomic E-state index is -0.274. The molecule has 1 aromatic heterocycles. The van der Waals surface area contributed by atoms with Crippen LogP contribution in [0.5, 0.6) is 11.5 Å². The summed E-state index contributed by atoms with van der Waals surface area (Å²) < 4.78 is 11.6. The van der Waals surface area contributed by atoms with E-state index in [9.17, 15) is 4.79 Å². The average molecular weight is 324 g/mol. The molecule has 1 amide bonds. The fourth-order valence-corrected chi connectivity index (χ4v) is 2.62. The van der Waals surface area contributed by atoms with Gasteiger partial charge in [-0.2, -0.15) is 0 Å². The number of aromatic nitrogens is 1. The van der Waals surface area contributed by atoms with E-state index in [0.717, 1.165) is 23.3 Å². The van der Waals surface area contributed by atoms with Gasteiger partial charge in [-0.1, -0.05) is 24.8 Å². The van der Waals surface area contributed by atoms with Crippen LogP contribution in [0, 0.1) is 0 Å². The molecule has 0 saturated heterocycles. The molecule has 24 heavy (non-hydrogen) atoms. The van der Waals surface area contributed by atoms with E-state index in [0.29, 0.717) is 11.6 Å². The highest BCUT2D eigenvalue weighted by Gasteiger charge is 2.32. The number of ether oxygens (including phenoxy) is 2. The Morgan fingerprint density at radius 3 is 2.96 bits per heavy atom. The maximum atomic E-state index is 12.0. The molecule has 0 aliphatic carbocycles. The van der Waals surface area contributed by atoms with E-state index in [4.69, 9.17) is 9.47 Å². The van der Waals surface area contributed by atoms with Crippen molar-refractivity contribution in [3.63, 3.8) is 0 Å². The van der Waals surface area contributed by atoms with Crippen molar-refractivity contribution in [2.24, 2.45) is 0 Å². The van der Waals surface area contributed by atoms with Crippen molar-refractivity contribution < 1.29 is 14.3 Å². The number of para-hydroxylation sites is 1. The zero-order valence-corrected chi connectivity index (χ0v) is 13.8. The highest BCUT2D eigenvalue weighted by atomic mass is 16.5. The quantitative estimate of drug-likeness (QED) is 0.915. The Labute approximate surface area is 141 Å². The molecule has 0 spiro atoms. The molecule has 1 aliphatic rings. The van der Waals surface area contributed by atoms with Gasteiger partial charge in [0, 0.05) is 18.2 Å². The highest BCUT2D eigenvalue weighted by molar-refractivity contribution is 5.91. The van der Waals surface area contributed by atoms with Crippen molar-refractivity contribution in [1.82, 2.24) is 4.98 Å². The standard InChI is InChI=1S/C19H20N2O3/c1-4-13-8-9-16(20-11-13)21-17(22)12-23-15-7-5-6-14-10-19(2,3)24-18(14)15/h4-9,11H,1,10,12H2,2-3H3,(H,20,21,22). The van der Waals surface area contributed by atoms with E-state index < -0.39 is 0 Å². The zero-order valence-electron chi connectivity index (χ0n) is 13.8. The first-order chi connectivity index (χ1) is 11.5. The molecule has 0 saturated carbocycles. The smallest absolute Gasteiger partial charge is 0.263 e. The van der Waals surface area contributed by atoms with Gasteiger partial charge in [-0.15, -0.1) is 0 Å². The van der Waals surface area contributed by atoms with Crippen LogP contribution in [0.3, 0.4) is 0 Å². The number of carbonyl (C=O) groups is 1. The van der Waals surface area contributed by atoms with Gasteiger partial charge in [0.1, 0.15) is 11.4 Å². The molecule has 3 rings (SSSR count). The summed E-state index contributed by atoms with van der Waals surface area (Å²) in [4.78, 5) is 16.2. The van der Waals surface area contributed by atoms with Gasteiger partial charge in [0.05, 0.1) is 0 Å². The van der Waals surface area contributed by atoms with Gasteiger partial charge in [-0.3, -0.25) is 4.79 Å². The molecular weight excluding hydrogens is 304 g/mol. The molecule has 0 bridgehead atoms. The number of fused-ring (bicyclic) bond motifs is 1. The van der Waals surface area contributed by atoms with E-state index >= 15 is 0 Å². The monoisotopic (exact) mass is 324 g/mol. The molecule has 0 atom stereocenters. The van der Waals surface area contributed by atoms with Crippen molar-refractivity contribution in [1.29, 1.82) is 0 Å². The first-order valence-electron chi connectivity index (χ1n) is 7.79. The number of pyridine rings is 1. The molecule has 1 aromatic carbocycles. The molecule has 0 radical (unpaired) electrons. The first kappa shape index (κ1) is 16.1. The van der Waals surface area contributed by atoms with Gasteiger partial charge in [-0.25, -0.2) is 4.98 Å². The third-order valence-electron chi connectivity index (χ3n) is 3.70. The Morgan fingerprint density at radius 2 is 2.25 bits per heavy atom. The second-order valence-corrected chi connectivity index (χ2v) is 6.30. The summed E-state index contributed by atoms with van der Waals surface area (Å²) in [6, 6.07) is 9.29. The van der Waals surface area contributed by atoms with Crippen LogP contribution in [-0.2, 0) is 11.2 Å². The lowest BCUT2D eigenvalue weighted by atomic mass is 10.0. The second kappa shape index (κ2) is 6.35. The largest absolute Gasteiger partial charge is 0.483 e. The predicted octanol–water partition coefficient (Wildman–Crippen LogP) is 3.46. The van der Waals surface area contributed by atoms with Gasteiger partial charge < -0.3 is 14.8 Å². The summed E-state index contributed by atoms with van der Waals surface area (Å²) >= 11 is 0. The van der Waals surface area contributed by atoms with Crippen LogP contribution >= 0.6 is 0 Å². The number of nitrogens with zero attached hydrogens (tertiary/aromatic N) is 1. The molecule has 0 fully saturated rings. The van der Waals surface area contributed by atoms with Gasteiger partial charge >= 0.3 is 0 Å². The summed E-state index contributed by atoms with van der Waals surface area (Å²) in [7, 11) is 0. The molecule has 2 heterocycles. The molecule has 0 unspecified atom stereocenters. The number of hydrogen-bond donors (Lipinski definition) is 1. The van der Waals surface area contributed by atoms with E-state index in [2.05, 4.69) is 16.9 Å². The third kappa shape index (κ3) is 3.56. The Kier molecular flexibility index (Phi) is 4.25. The average Bonchev–Trinajstić information content (AvgIpc) is 2.88. The van der Waals surface area contributed by atoms with E-state index in [1.54, 1.807) is 18.3 Å². The fourth-order valence-electron chi connectivity index (χ4n) is 2.62. The Bertz CT molecular complexity index is 767. The maximum absolute atomic E-state index is 12.0. The van der Waals surface area contributed by atoms with Crippen molar-refractivity contribution >= 4 is 17.8 Å². The summed E-state index contributed by atoms with van der Waals surface area (Å²) in [6.45, 7) is 7.62. The minimum absolute atomic E-state index is 0.106. The number of hydrogen-bond acceptors (Lipinski definition) is 4. The zero-order chi connectivity index (χ0) is 17.2. The van der Waals surface area contributed by atoms with Gasteiger partial charge in [-0.05, 0) is 37.6 Å². The number of benzene rings is 1. The SMILES string of the molecule is C=Cc1ccc(NC(=O)COc2cccc3c2OC(C)(C)C3)nc1. The first-order valence-corrected chi connectivity index (χ1v) is 7.79. The van der Waals surface area contributed by atoms with E-state index in [1.807, 2.05) is 38.1 Å². The Balaban J connectivity index is 1.61. The van der Waals surface area contributed by atoms with Crippen LogP contribution in [0.4, 0.5) is 5.82 Å². The Morgan fingerprint density at radius 1 is 1.42 bits per heavy atom. The van der Waals surface area contributed by atoms with E-state index in [-0.39, 0.29) is 18.1 Å². The highest BCUT2D eigenvalue weighted by Crippen LogP contribution is 2.41. The second-order valence-electron chi connectivity index (χ2n) is 6.30. The molecule has 1 aliphatic heterocycles. The van der Waals surface area contributed by atoms with E-state index in [1.165, 1.54) is 0 Å². The van der Waals surface area contributed by atoms with Gasteiger partial charge in [0.15, 0.2) is 18.1 Å². The summed E-state index contributed by atoms with van der Waals surface area (Å²) in [5.41, 5.74) is 1.74. The van der Waals surface area contributed by atoms with Crippen LogP contribution in [0.25, 0.3) is 6.08 Å². The minimum Gasteiger partial charge on any atom is -0.483 e. The molecular formula is C19H20N2O3. The molecule has 1 N–H and O–H groups in total. The number of nitrogens with one attached hydrogen (secondary N) is 1. The topological polar surface area (TPSA) is 60.5 Å².